The standard InChI is InChI=1S/C18H23N3OS/c1-4-21(5-2)16-10-6-14(7-11-16)19-18(23)20-15-8-12-17(22-3)13-9-15/h6-13H,4-5H2,1-3H3,(H2,19,20,23). The molecule has 2 aromatic rings. The number of thiocarbonyl (C=S) groups is 1. The van der Waals surface area contributed by atoms with Crippen molar-refractivity contribution in [1.29, 1.82) is 0 Å². The highest BCUT2D eigenvalue weighted by atomic mass is 32.1. The van der Waals surface area contributed by atoms with E-state index in [0.29, 0.717) is 5.11 Å². The molecule has 0 aliphatic carbocycles. The van der Waals surface area contributed by atoms with Gasteiger partial charge in [-0.2, -0.15) is 0 Å². The first-order valence-electron chi connectivity index (χ1n) is 7.73. The third kappa shape index (κ3) is 4.86. The van der Waals surface area contributed by atoms with Crippen LogP contribution in [-0.2, 0) is 0 Å². The van der Waals surface area contributed by atoms with Gasteiger partial charge in [-0.05, 0) is 74.6 Å². The zero-order chi connectivity index (χ0) is 16.7. The maximum Gasteiger partial charge on any atom is 0.175 e. The average Bonchev–Trinajstić information content (AvgIpc) is 2.58. The summed E-state index contributed by atoms with van der Waals surface area (Å²) >= 11 is 5.35. The number of nitrogens with zero attached hydrogens (tertiary/aromatic N) is 1. The fourth-order valence-corrected chi connectivity index (χ4v) is 2.55. The molecule has 0 atom stereocenters. The Morgan fingerprint density at radius 3 is 1.83 bits per heavy atom. The van der Waals surface area contributed by atoms with Crippen molar-refractivity contribution >= 4 is 34.4 Å². The Hall–Kier alpha value is -2.27. The fraction of sp³-hybridized carbons (Fsp3) is 0.278. The van der Waals surface area contributed by atoms with Crippen LogP contribution in [-0.4, -0.2) is 25.3 Å². The van der Waals surface area contributed by atoms with Gasteiger partial charge in [0.05, 0.1) is 7.11 Å². The molecule has 0 saturated carbocycles. The molecular formula is C18H23N3OS. The van der Waals surface area contributed by atoms with Crippen molar-refractivity contribution in [1.82, 2.24) is 0 Å². The normalized spacial score (nSPS) is 10.0. The minimum Gasteiger partial charge on any atom is -0.497 e. The highest BCUT2D eigenvalue weighted by Gasteiger charge is 2.03. The van der Waals surface area contributed by atoms with Crippen LogP contribution < -0.4 is 20.3 Å². The van der Waals surface area contributed by atoms with Gasteiger partial charge in [0, 0.05) is 30.2 Å². The minimum absolute atomic E-state index is 0.561. The van der Waals surface area contributed by atoms with Gasteiger partial charge in [-0.3, -0.25) is 0 Å². The number of methoxy groups -OCH3 is 1. The van der Waals surface area contributed by atoms with Crippen LogP contribution in [0.25, 0.3) is 0 Å². The molecule has 2 rings (SSSR count). The Morgan fingerprint density at radius 1 is 0.913 bits per heavy atom. The average molecular weight is 329 g/mol. The number of hydrogen-bond donors (Lipinski definition) is 2. The van der Waals surface area contributed by atoms with Gasteiger partial charge in [-0.1, -0.05) is 0 Å². The predicted molar refractivity (Wildman–Crippen MR) is 103 cm³/mol. The molecule has 0 aromatic heterocycles. The summed E-state index contributed by atoms with van der Waals surface area (Å²) in [6.07, 6.45) is 0. The second kappa shape index (κ2) is 8.39. The van der Waals surface area contributed by atoms with E-state index in [9.17, 15) is 0 Å². The van der Waals surface area contributed by atoms with Crippen LogP contribution >= 0.6 is 12.2 Å². The summed E-state index contributed by atoms with van der Waals surface area (Å²) in [5.41, 5.74) is 3.10. The fourth-order valence-electron chi connectivity index (χ4n) is 2.31. The van der Waals surface area contributed by atoms with E-state index in [0.717, 1.165) is 30.2 Å². The number of ether oxygens (including phenoxy) is 1. The first kappa shape index (κ1) is 17.1. The van der Waals surface area contributed by atoms with Crippen molar-refractivity contribution < 1.29 is 4.74 Å². The third-order valence-electron chi connectivity index (χ3n) is 3.60. The molecule has 2 N–H and O–H groups in total. The Kier molecular flexibility index (Phi) is 6.23. The highest BCUT2D eigenvalue weighted by Crippen LogP contribution is 2.19. The van der Waals surface area contributed by atoms with E-state index in [-0.39, 0.29) is 0 Å². The molecule has 0 heterocycles. The summed E-state index contributed by atoms with van der Waals surface area (Å²) in [4.78, 5) is 2.30. The molecule has 0 unspecified atom stereocenters. The van der Waals surface area contributed by atoms with Gasteiger partial charge in [-0.15, -0.1) is 0 Å². The first-order valence-corrected chi connectivity index (χ1v) is 8.14. The van der Waals surface area contributed by atoms with Gasteiger partial charge in [0.25, 0.3) is 0 Å². The Bertz CT molecular complexity index is 622. The SMILES string of the molecule is CCN(CC)c1ccc(NC(=S)Nc2ccc(OC)cc2)cc1. The number of nitrogens with one attached hydrogen (secondary N) is 2. The Balaban J connectivity index is 1.94. The summed E-state index contributed by atoms with van der Waals surface area (Å²) in [5, 5.41) is 6.91. The van der Waals surface area contributed by atoms with Gasteiger partial charge in [0.15, 0.2) is 5.11 Å². The van der Waals surface area contributed by atoms with E-state index in [2.05, 4.69) is 41.5 Å². The van der Waals surface area contributed by atoms with Crippen molar-refractivity contribution in [3.63, 3.8) is 0 Å². The molecule has 0 radical (unpaired) electrons. The summed E-state index contributed by atoms with van der Waals surface area (Å²) in [6.45, 7) is 6.31. The molecule has 0 saturated heterocycles. The van der Waals surface area contributed by atoms with Gasteiger partial charge >= 0.3 is 0 Å². The zero-order valence-electron chi connectivity index (χ0n) is 13.8. The second-order valence-corrected chi connectivity index (χ2v) is 5.44. The van der Waals surface area contributed by atoms with Crippen LogP contribution in [0.5, 0.6) is 5.75 Å². The van der Waals surface area contributed by atoms with Crippen molar-refractivity contribution in [3.05, 3.63) is 48.5 Å². The van der Waals surface area contributed by atoms with Crippen molar-refractivity contribution in [2.24, 2.45) is 0 Å². The lowest BCUT2D eigenvalue weighted by atomic mass is 10.2. The summed E-state index contributed by atoms with van der Waals surface area (Å²) < 4.78 is 5.14. The molecule has 0 fully saturated rings. The van der Waals surface area contributed by atoms with Crippen molar-refractivity contribution in [2.75, 3.05) is 35.7 Å². The smallest absolute Gasteiger partial charge is 0.175 e. The molecule has 4 nitrogen and oxygen atoms in total. The second-order valence-electron chi connectivity index (χ2n) is 5.03. The molecule has 0 aliphatic heterocycles. The van der Waals surface area contributed by atoms with Crippen LogP contribution in [0.1, 0.15) is 13.8 Å². The Morgan fingerprint density at radius 2 is 1.39 bits per heavy atom. The molecule has 122 valence electrons. The van der Waals surface area contributed by atoms with Crippen LogP contribution in [0, 0.1) is 0 Å². The van der Waals surface area contributed by atoms with Crippen LogP contribution in [0.3, 0.4) is 0 Å². The highest BCUT2D eigenvalue weighted by molar-refractivity contribution is 7.80. The lowest BCUT2D eigenvalue weighted by molar-refractivity contribution is 0.415. The van der Waals surface area contributed by atoms with Crippen LogP contribution in [0.4, 0.5) is 17.1 Å². The molecule has 0 spiro atoms. The molecular weight excluding hydrogens is 306 g/mol. The first-order chi connectivity index (χ1) is 11.2. The molecule has 2 aromatic carbocycles. The lowest BCUT2D eigenvalue weighted by Gasteiger charge is -2.21. The predicted octanol–water partition coefficient (Wildman–Crippen LogP) is 4.35. The third-order valence-corrected chi connectivity index (χ3v) is 3.81. The van der Waals surface area contributed by atoms with Crippen LogP contribution in [0.2, 0.25) is 0 Å². The molecule has 0 aliphatic rings. The van der Waals surface area contributed by atoms with E-state index in [1.54, 1.807) is 7.11 Å². The lowest BCUT2D eigenvalue weighted by Crippen LogP contribution is -2.22. The topological polar surface area (TPSA) is 36.5 Å². The van der Waals surface area contributed by atoms with Gasteiger partial charge in [0.2, 0.25) is 0 Å². The van der Waals surface area contributed by atoms with Crippen molar-refractivity contribution in [2.45, 2.75) is 13.8 Å². The van der Waals surface area contributed by atoms with Crippen molar-refractivity contribution in [3.8, 4) is 5.75 Å². The monoisotopic (exact) mass is 329 g/mol. The van der Waals surface area contributed by atoms with Crippen LogP contribution in [0.15, 0.2) is 48.5 Å². The maximum atomic E-state index is 5.35. The van der Waals surface area contributed by atoms with E-state index in [1.807, 2.05) is 36.4 Å². The van der Waals surface area contributed by atoms with E-state index in [1.165, 1.54) is 5.69 Å². The van der Waals surface area contributed by atoms with Gasteiger partial charge in [-0.25, -0.2) is 0 Å². The van der Waals surface area contributed by atoms with E-state index < -0.39 is 0 Å². The quantitative estimate of drug-likeness (QED) is 0.771. The number of benzene rings is 2. The summed E-state index contributed by atoms with van der Waals surface area (Å²) in [6, 6.07) is 15.9. The number of hydrogen-bond acceptors (Lipinski definition) is 3. The Labute approximate surface area is 143 Å². The molecule has 23 heavy (non-hydrogen) atoms. The zero-order valence-corrected chi connectivity index (χ0v) is 14.6. The molecule has 0 amide bonds. The summed E-state index contributed by atoms with van der Waals surface area (Å²) in [7, 11) is 1.65. The van der Waals surface area contributed by atoms with Gasteiger partial charge < -0.3 is 20.3 Å². The van der Waals surface area contributed by atoms with E-state index >= 15 is 0 Å². The largest absolute Gasteiger partial charge is 0.497 e. The number of anilines is 3. The van der Waals surface area contributed by atoms with Gasteiger partial charge in [0.1, 0.15) is 5.75 Å². The maximum absolute atomic E-state index is 5.35. The number of rotatable bonds is 6. The molecule has 5 heteroatoms. The van der Waals surface area contributed by atoms with E-state index in [4.69, 9.17) is 17.0 Å². The summed E-state index contributed by atoms with van der Waals surface area (Å²) in [5.74, 6) is 0.821. The molecule has 0 bridgehead atoms. The minimum atomic E-state index is 0.561.